The summed E-state index contributed by atoms with van der Waals surface area (Å²) in [6, 6.07) is 0. The van der Waals surface area contributed by atoms with E-state index in [0.29, 0.717) is 6.29 Å². The highest BCUT2D eigenvalue weighted by molar-refractivity contribution is 14.1. The van der Waals surface area contributed by atoms with Crippen LogP contribution in [0.3, 0.4) is 0 Å². The number of carbonyl (C=O) groups excluding carboxylic acids is 1. The van der Waals surface area contributed by atoms with Crippen molar-refractivity contribution in [2.75, 3.05) is 7.05 Å². The molecule has 0 aromatic heterocycles. The van der Waals surface area contributed by atoms with E-state index in [-0.39, 0.29) is 9.43 Å². The lowest BCUT2D eigenvalue weighted by Crippen LogP contribution is -2.12. The number of hydrazone groups is 1. The van der Waals surface area contributed by atoms with Crippen molar-refractivity contribution in [2.45, 2.75) is 0 Å². The third-order valence-electron chi connectivity index (χ3n) is 0.569. The molecule has 4 nitrogen and oxygen atoms in total. The Labute approximate surface area is 66.4 Å². The minimum Gasteiger partial charge on any atom is -0.312 e. The van der Waals surface area contributed by atoms with E-state index in [1.54, 1.807) is 29.6 Å². The minimum absolute atomic E-state index is 0.123. The number of hydrogen-bond donors (Lipinski definition) is 2. The molecule has 0 saturated carbocycles. The third kappa shape index (κ3) is 3.17. The maximum Gasteiger partial charge on any atom is 0.172 e. The van der Waals surface area contributed by atoms with Crippen LogP contribution in [0.25, 0.3) is 0 Å². The van der Waals surface area contributed by atoms with E-state index in [1.807, 2.05) is 0 Å². The maximum atomic E-state index is 10.0. The summed E-state index contributed by atoms with van der Waals surface area (Å²) >= 11 is 1.71. The SMILES string of the molecule is CN/N=C(/C=O)C(=N)I. The summed E-state index contributed by atoms with van der Waals surface area (Å²) in [5.74, 6) is 0. The summed E-state index contributed by atoms with van der Waals surface area (Å²) in [6.45, 7) is 0. The largest absolute Gasteiger partial charge is 0.312 e. The fraction of sp³-hybridized carbons (Fsp3) is 0.250. The molecule has 9 heavy (non-hydrogen) atoms. The molecule has 0 heterocycles. The van der Waals surface area contributed by atoms with Gasteiger partial charge >= 0.3 is 0 Å². The molecule has 0 unspecified atom stereocenters. The van der Waals surface area contributed by atoms with Crippen molar-refractivity contribution >= 4 is 38.3 Å². The van der Waals surface area contributed by atoms with Gasteiger partial charge in [0.1, 0.15) is 3.72 Å². The van der Waals surface area contributed by atoms with E-state index in [2.05, 4.69) is 10.5 Å². The van der Waals surface area contributed by atoms with Crippen molar-refractivity contribution in [2.24, 2.45) is 5.10 Å². The number of halogens is 1. The van der Waals surface area contributed by atoms with Gasteiger partial charge in [-0.25, -0.2) is 0 Å². The molecule has 50 valence electrons. The van der Waals surface area contributed by atoms with Crippen LogP contribution in [-0.4, -0.2) is 22.8 Å². The molecular formula is C4H6IN3O. The second-order valence-electron chi connectivity index (χ2n) is 1.15. The Morgan fingerprint density at radius 1 is 1.89 bits per heavy atom. The molecule has 0 aliphatic rings. The molecule has 5 heteroatoms. The first-order valence-electron chi connectivity index (χ1n) is 2.16. The average Bonchev–Trinajstić information content (AvgIpc) is 1.82. The first-order chi connectivity index (χ1) is 4.22. The van der Waals surface area contributed by atoms with Gasteiger partial charge in [-0.15, -0.1) is 0 Å². The molecule has 0 amide bonds. The lowest BCUT2D eigenvalue weighted by Gasteiger charge is -1.90. The van der Waals surface area contributed by atoms with Gasteiger partial charge in [-0.2, -0.15) is 5.10 Å². The zero-order chi connectivity index (χ0) is 7.28. The Bertz CT molecular complexity index is 154. The number of rotatable bonds is 3. The Morgan fingerprint density at radius 3 is 2.56 bits per heavy atom. The summed E-state index contributed by atoms with van der Waals surface area (Å²) in [5, 5.41) is 10.4. The molecule has 0 saturated heterocycles. The van der Waals surface area contributed by atoms with Crippen molar-refractivity contribution in [3.05, 3.63) is 0 Å². The van der Waals surface area contributed by atoms with Crippen molar-refractivity contribution in [3.8, 4) is 0 Å². The van der Waals surface area contributed by atoms with E-state index < -0.39 is 0 Å². The van der Waals surface area contributed by atoms with Crippen LogP contribution < -0.4 is 5.43 Å². The van der Waals surface area contributed by atoms with Crippen molar-refractivity contribution in [1.29, 1.82) is 5.41 Å². The predicted octanol–water partition coefficient (Wildman–Crippen LogP) is 0.173. The molecule has 0 spiro atoms. The minimum atomic E-state index is 0.123. The van der Waals surface area contributed by atoms with Gasteiger partial charge in [0.05, 0.1) is 0 Å². The van der Waals surface area contributed by atoms with Crippen molar-refractivity contribution < 1.29 is 4.79 Å². The number of nitrogens with zero attached hydrogens (tertiary/aromatic N) is 1. The standard InChI is InChI=1S/C4H6IN3O/c1-7-8-3(2-9)4(5)6/h2,6-7H,1H3/b6-4?,8-3-. The van der Waals surface area contributed by atoms with E-state index in [9.17, 15) is 4.79 Å². The molecule has 0 aliphatic heterocycles. The van der Waals surface area contributed by atoms with Crippen LogP contribution in [0, 0.1) is 5.41 Å². The third-order valence-corrected chi connectivity index (χ3v) is 1.12. The number of nitrogens with one attached hydrogen (secondary N) is 2. The lowest BCUT2D eigenvalue weighted by atomic mass is 10.5. The van der Waals surface area contributed by atoms with Gasteiger partial charge in [0.15, 0.2) is 12.0 Å². The van der Waals surface area contributed by atoms with Gasteiger partial charge in [0, 0.05) is 7.05 Å². The Balaban J connectivity index is 4.14. The van der Waals surface area contributed by atoms with E-state index in [4.69, 9.17) is 5.41 Å². The summed E-state index contributed by atoms with van der Waals surface area (Å²) < 4.78 is 0.136. The smallest absolute Gasteiger partial charge is 0.172 e. The van der Waals surface area contributed by atoms with Crippen LogP contribution in [0.15, 0.2) is 5.10 Å². The molecule has 0 aromatic rings. The second-order valence-corrected chi connectivity index (χ2v) is 2.23. The predicted molar refractivity (Wildman–Crippen MR) is 44.3 cm³/mol. The summed E-state index contributed by atoms with van der Waals surface area (Å²) in [4.78, 5) is 10.0. The normalized spacial score (nSPS) is 10.7. The molecule has 2 N–H and O–H groups in total. The van der Waals surface area contributed by atoms with Gasteiger partial charge in [-0.1, -0.05) is 0 Å². The van der Waals surface area contributed by atoms with Crippen LogP contribution in [-0.2, 0) is 4.79 Å². The maximum absolute atomic E-state index is 10.0. The van der Waals surface area contributed by atoms with Crippen LogP contribution in [0.4, 0.5) is 0 Å². The molecule has 0 aromatic carbocycles. The Morgan fingerprint density at radius 2 is 2.44 bits per heavy atom. The first-order valence-corrected chi connectivity index (χ1v) is 3.24. The van der Waals surface area contributed by atoms with E-state index in [0.717, 1.165) is 0 Å². The molecule has 0 atom stereocenters. The average molecular weight is 239 g/mol. The van der Waals surface area contributed by atoms with Gasteiger partial charge in [0.2, 0.25) is 0 Å². The summed E-state index contributed by atoms with van der Waals surface area (Å²) in [7, 11) is 1.57. The molecule has 0 radical (unpaired) electrons. The van der Waals surface area contributed by atoms with Gasteiger partial charge < -0.3 is 5.43 Å². The molecular weight excluding hydrogens is 233 g/mol. The molecule has 0 fully saturated rings. The van der Waals surface area contributed by atoms with Crippen LogP contribution in [0.1, 0.15) is 0 Å². The fourth-order valence-corrected chi connectivity index (χ4v) is 0.495. The monoisotopic (exact) mass is 239 g/mol. The van der Waals surface area contributed by atoms with E-state index in [1.165, 1.54) is 0 Å². The zero-order valence-corrected chi connectivity index (χ0v) is 6.97. The Kier molecular flexibility index (Phi) is 4.20. The van der Waals surface area contributed by atoms with Gasteiger partial charge in [0.25, 0.3) is 0 Å². The lowest BCUT2D eigenvalue weighted by molar-refractivity contribution is -0.102. The van der Waals surface area contributed by atoms with Crippen molar-refractivity contribution in [3.63, 3.8) is 0 Å². The molecule has 0 aliphatic carbocycles. The van der Waals surface area contributed by atoms with E-state index >= 15 is 0 Å². The number of hydrogen-bond acceptors (Lipinski definition) is 4. The molecule has 0 rings (SSSR count). The highest BCUT2D eigenvalue weighted by Crippen LogP contribution is 1.87. The zero-order valence-electron chi connectivity index (χ0n) is 4.81. The fourth-order valence-electron chi connectivity index (χ4n) is 0.248. The first kappa shape index (κ1) is 8.54. The molecule has 0 bridgehead atoms. The highest BCUT2D eigenvalue weighted by atomic mass is 127. The van der Waals surface area contributed by atoms with Crippen molar-refractivity contribution in [1.82, 2.24) is 5.43 Å². The number of aldehydes is 1. The second kappa shape index (κ2) is 4.42. The topological polar surface area (TPSA) is 65.3 Å². The Hall–Kier alpha value is -0.460. The highest BCUT2D eigenvalue weighted by Gasteiger charge is 1.98. The van der Waals surface area contributed by atoms with Crippen LogP contribution in [0.2, 0.25) is 0 Å². The van der Waals surface area contributed by atoms with Gasteiger partial charge in [-0.05, 0) is 22.6 Å². The van der Waals surface area contributed by atoms with Crippen LogP contribution >= 0.6 is 22.6 Å². The number of carbonyl (C=O) groups is 1. The van der Waals surface area contributed by atoms with Crippen LogP contribution in [0.5, 0.6) is 0 Å². The van der Waals surface area contributed by atoms with Gasteiger partial charge in [-0.3, -0.25) is 10.2 Å². The summed E-state index contributed by atoms with van der Waals surface area (Å²) in [6.07, 6.45) is 0.533. The summed E-state index contributed by atoms with van der Waals surface area (Å²) in [5.41, 5.74) is 2.53. The quantitative estimate of drug-likeness (QED) is 0.319.